The lowest BCUT2D eigenvalue weighted by Crippen LogP contribution is -2.38. The van der Waals surface area contributed by atoms with Crippen molar-refractivity contribution in [2.24, 2.45) is 0 Å². The second kappa shape index (κ2) is 16.6. The highest BCUT2D eigenvalue weighted by Crippen LogP contribution is 2.60. The minimum absolute atomic E-state index is 0.605. The van der Waals surface area contributed by atoms with Gasteiger partial charge in [-0.25, -0.2) is 15.0 Å². The van der Waals surface area contributed by atoms with Crippen LogP contribution in [0.15, 0.2) is 259 Å². The van der Waals surface area contributed by atoms with E-state index in [9.17, 15) is 0 Å². The number of fused-ring (bicyclic) bond motifs is 5. The molecule has 1 aliphatic heterocycles. The van der Waals surface area contributed by atoms with Gasteiger partial charge in [0.1, 0.15) is 11.2 Å². The van der Waals surface area contributed by atoms with Crippen LogP contribution in [0.4, 0.5) is 17.1 Å². The average molecular weight is 883 g/mol. The number of anilines is 3. The Kier molecular flexibility index (Phi) is 9.65. The molecule has 0 N–H and O–H groups in total. The Morgan fingerprint density at radius 2 is 0.739 bits per heavy atom. The smallest absolute Gasteiger partial charge is 0.164 e. The van der Waals surface area contributed by atoms with Gasteiger partial charge in [0.25, 0.3) is 0 Å². The fourth-order valence-corrected chi connectivity index (χ4v) is 10.4. The van der Waals surface area contributed by atoms with Crippen LogP contribution in [-0.2, 0) is 5.41 Å². The van der Waals surface area contributed by atoms with Gasteiger partial charge >= 0.3 is 0 Å². The first-order valence-electron chi connectivity index (χ1n) is 23.3. The van der Waals surface area contributed by atoms with Gasteiger partial charge in [-0.05, 0) is 81.4 Å². The average Bonchev–Trinajstić information content (AvgIpc) is 3.82. The molecular formula is C64H42N4O. The molecule has 2 aromatic heterocycles. The predicted octanol–water partition coefficient (Wildman–Crippen LogP) is 16.3. The van der Waals surface area contributed by atoms with Crippen molar-refractivity contribution < 1.29 is 4.42 Å². The van der Waals surface area contributed by atoms with Crippen molar-refractivity contribution in [2.45, 2.75) is 5.41 Å². The number of furan rings is 1. The van der Waals surface area contributed by atoms with Crippen molar-refractivity contribution in [3.05, 3.63) is 277 Å². The van der Waals surface area contributed by atoms with Gasteiger partial charge in [-0.3, -0.25) is 0 Å². The van der Waals surface area contributed by atoms with E-state index in [1.807, 2.05) is 66.7 Å². The topological polar surface area (TPSA) is 55.1 Å². The summed E-state index contributed by atoms with van der Waals surface area (Å²) >= 11 is 0. The summed E-state index contributed by atoms with van der Waals surface area (Å²) < 4.78 is 7.01. The number of hydrogen-bond donors (Lipinski definition) is 0. The lowest BCUT2D eigenvalue weighted by molar-refractivity contribution is 0.643. The predicted molar refractivity (Wildman–Crippen MR) is 281 cm³/mol. The van der Waals surface area contributed by atoms with E-state index in [0.29, 0.717) is 17.5 Å². The summed E-state index contributed by atoms with van der Waals surface area (Å²) in [7, 11) is 0. The van der Waals surface area contributed by atoms with Crippen molar-refractivity contribution >= 4 is 39.0 Å². The summed E-state index contributed by atoms with van der Waals surface area (Å²) in [4.78, 5) is 17.6. The molecule has 5 nitrogen and oxygen atoms in total. The number of aromatic nitrogens is 3. The highest BCUT2D eigenvalue weighted by atomic mass is 16.3. The van der Waals surface area contributed by atoms with Gasteiger partial charge in [0.15, 0.2) is 17.5 Å². The van der Waals surface area contributed by atoms with Crippen molar-refractivity contribution in [2.75, 3.05) is 4.90 Å². The normalized spacial score (nSPS) is 12.7. The lowest BCUT2D eigenvalue weighted by Gasteiger charge is -2.46. The maximum atomic E-state index is 7.01. The van der Waals surface area contributed by atoms with Crippen LogP contribution in [0.5, 0.6) is 0 Å². The minimum atomic E-state index is -0.813. The molecule has 0 amide bonds. The first-order valence-corrected chi connectivity index (χ1v) is 23.3. The number of rotatable bonds is 8. The van der Waals surface area contributed by atoms with Crippen LogP contribution in [0.3, 0.4) is 0 Å². The number of benzene rings is 10. The van der Waals surface area contributed by atoms with Crippen LogP contribution < -0.4 is 4.90 Å². The van der Waals surface area contributed by atoms with Crippen molar-refractivity contribution in [3.8, 4) is 56.4 Å². The molecule has 324 valence electrons. The van der Waals surface area contributed by atoms with Crippen molar-refractivity contribution in [3.63, 3.8) is 0 Å². The van der Waals surface area contributed by atoms with Crippen LogP contribution in [0.25, 0.3) is 78.4 Å². The van der Waals surface area contributed by atoms with Crippen LogP contribution in [-0.4, -0.2) is 15.0 Å². The molecule has 5 heteroatoms. The van der Waals surface area contributed by atoms with Crippen molar-refractivity contribution in [1.29, 1.82) is 0 Å². The third-order valence-electron chi connectivity index (χ3n) is 13.6. The molecule has 0 unspecified atom stereocenters. The van der Waals surface area contributed by atoms with E-state index in [0.717, 1.165) is 100 Å². The molecule has 69 heavy (non-hydrogen) atoms. The standard InChI is InChI=1S/C64H42N4O/c1-6-19-43(20-7-1)48-35-39-54-57(41-48)68(51-37-33-47(34-38-51)63-66-61(45-23-10-3-11-24-45)65-62(67-63)46-25-12-4-13-26-46)58-42-49(44-21-8-2-9-22-44)36-40-55(58)64(54,50-27-14-5-15-28-50)56-31-18-30-53-52-29-16-17-32-59(52)69-60(53)56/h1-42H. The quantitative estimate of drug-likeness (QED) is 0.152. The van der Waals surface area contributed by atoms with E-state index in [1.165, 1.54) is 0 Å². The van der Waals surface area contributed by atoms with E-state index in [2.05, 4.69) is 193 Å². The Morgan fingerprint density at radius 1 is 0.319 bits per heavy atom. The van der Waals surface area contributed by atoms with Crippen LogP contribution >= 0.6 is 0 Å². The fraction of sp³-hybridized carbons (Fsp3) is 0.0156. The minimum Gasteiger partial charge on any atom is -0.456 e. The summed E-state index contributed by atoms with van der Waals surface area (Å²) in [6.45, 7) is 0. The SMILES string of the molecule is c1ccc(-c2ccc3c(c2)N(c2ccc(-c4nc(-c5ccccc5)nc(-c5ccccc5)n4)cc2)c2cc(-c4ccccc4)ccc2C3(c2ccccc2)c2cccc3c2oc2ccccc23)cc1. The monoisotopic (exact) mass is 882 g/mol. The zero-order valence-corrected chi connectivity index (χ0v) is 37.4. The van der Waals surface area contributed by atoms with E-state index < -0.39 is 5.41 Å². The second-order valence-corrected chi connectivity index (χ2v) is 17.5. The number of para-hydroxylation sites is 2. The fourth-order valence-electron chi connectivity index (χ4n) is 10.4. The van der Waals surface area contributed by atoms with Gasteiger partial charge < -0.3 is 9.32 Å². The Bertz CT molecular complexity index is 3670. The molecule has 3 heterocycles. The maximum absolute atomic E-state index is 7.01. The largest absolute Gasteiger partial charge is 0.456 e. The summed E-state index contributed by atoms with van der Waals surface area (Å²) in [6, 6.07) is 90.3. The van der Waals surface area contributed by atoms with Gasteiger partial charge in [0.2, 0.25) is 0 Å². The molecule has 0 spiro atoms. The van der Waals surface area contributed by atoms with Gasteiger partial charge in [0.05, 0.1) is 16.8 Å². The zero-order valence-electron chi connectivity index (χ0n) is 37.4. The van der Waals surface area contributed by atoms with Gasteiger partial charge in [-0.15, -0.1) is 0 Å². The van der Waals surface area contributed by atoms with E-state index >= 15 is 0 Å². The Labute approximate surface area is 400 Å². The van der Waals surface area contributed by atoms with Gasteiger partial charge in [-0.1, -0.05) is 212 Å². The summed E-state index contributed by atoms with van der Waals surface area (Å²) in [6.07, 6.45) is 0. The molecule has 0 aliphatic carbocycles. The summed E-state index contributed by atoms with van der Waals surface area (Å²) in [5, 5.41) is 2.19. The highest BCUT2D eigenvalue weighted by Gasteiger charge is 2.48. The molecule has 0 saturated carbocycles. The third-order valence-corrected chi connectivity index (χ3v) is 13.6. The molecule has 12 aromatic rings. The van der Waals surface area contributed by atoms with Crippen molar-refractivity contribution in [1.82, 2.24) is 15.0 Å². The summed E-state index contributed by atoms with van der Waals surface area (Å²) in [5.41, 5.74) is 15.8. The Morgan fingerprint density at radius 3 is 1.26 bits per heavy atom. The van der Waals surface area contributed by atoms with Crippen LogP contribution in [0.1, 0.15) is 22.3 Å². The first kappa shape index (κ1) is 40.1. The molecule has 13 rings (SSSR count). The number of hydrogen-bond acceptors (Lipinski definition) is 5. The van der Waals surface area contributed by atoms with E-state index in [1.54, 1.807) is 0 Å². The first-order chi connectivity index (χ1) is 34.2. The molecule has 0 fully saturated rings. The third kappa shape index (κ3) is 6.74. The Balaban J connectivity index is 1.08. The van der Waals surface area contributed by atoms with E-state index in [-0.39, 0.29) is 0 Å². The summed E-state index contributed by atoms with van der Waals surface area (Å²) in [5.74, 6) is 1.86. The highest BCUT2D eigenvalue weighted by molar-refractivity contribution is 6.07. The molecule has 0 saturated heterocycles. The maximum Gasteiger partial charge on any atom is 0.164 e. The van der Waals surface area contributed by atoms with Gasteiger partial charge in [-0.2, -0.15) is 0 Å². The molecule has 0 radical (unpaired) electrons. The van der Waals surface area contributed by atoms with Crippen LogP contribution in [0.2, 0.25) is 0 Å². The zero-order chi connectivity index (χ0) is 45.7. The molecule has 0 bridgehead atoms. The van der Waals surface area contributed by atoms with Crippen LogP contribution in [0, 0.1) is 0 Å². The Hall–Kier alpha value is -9.19. The molecule has 10 aromatic carbocycles. The number of nitrogens with zero attached hydrogens (tertiary/aromatic N) is 4. The molecule has 0 atom stereocenters. The second-order valence-electron chi connectivity index (χ2n) is 17.5. The molecular weight excluding hydrogens is 841 g/mol. The molecule has 1 aliphatic rings. The lowest BCUT2D eigenvalue weighted by atomic mass is 9.61. The van der Waals surface area contributed by atoms with E-state index in [4.69, 9.17) is 19.4 Å². The van der Waals surface area contributed by atoms with Gasteiger partial charge in [0, 0.05) is 38.7 Å².